The molecule has 0 bridgehead atoms. The van der Waals surface area contributed by atoms with E-state index in [2.05, 4.69) is 0 Å². The predicted octanol–water partition coefficient (Wildman–Crippen LogP) is 0.565. The number of likely N-dealkylation sites (N-methyl/N-ethyl adjacent to an activating group) is 1. The van der Waals surface area contributed by atoms with Crippen LogP contribution in [-0.2, 0) is 19.1 Å². The van der Waals surface area contributed by atoms with Gasteiger partial charge in [0.15, 0.2) is 0 Å². The smallest absolute Gasteiger partial charge is 0.249 e. The molecule has 2 saturated heterocycles. The lowest BCUT2D eigenvalue weighted by Crippen LogP contribution is -2.59. The summed E-state index contributed by atoms with van der Waals surface area (Å²) < 4.78 is 6.67. The van der Waals surface area contributed by atoms with Crippen LogP contribution >= 0.6 is 0 Å². The summed E-state index contributed by atoms with van der Waals surface area (Å²) in [6.07, 6.45) is 7.87. The number of hydrogen-bond acceptors (Lipinski definition) is 5. The minimum absolute atomic E-state index is 0.0897. The van der Waals surface area contributed by atoms with E-state index >= 15 is 0 Å². The fourth-order valence-electron chi connectivity index (χ4n) is 5.73. The molecule has 0 aliphatic carbocycles. The van der Waals surface area contributed by atoms with Crippen molar-refractivity contribution in [1.29, 1.82) is 0 Å². The van der Waals surface area contributed by atoms with E-state index in [0.29, 0.717) is 19.5 Å². The second-order valence-corrected chi connectivity index (χ2v) is 10.2. The molecule has 0 saturated carbocycles. The van der Waals surface area contributed by atoms with E-state index in [1.807, 2.05) is 52.0 Å². The number of fused-ring (bicyclic) bond motifs is 2. The van der Waals surface area contributed by atoms with E-state index in [1.165, 1.54) is 0 Å². The highest BCUT2D eigenvalue weighted by Gasteiger charge is 2.74. The zero-order chi connectivity index (χ0) is 22.8. The molecular formula is C23H33N3O5. The van der Waals surface area contributed by atoms with Gasteiger partial charge in [0, 0.05) is 38.8 Å². The number of likely N-dealkylation sites (tertiary alicyclic amines) is 1. The molecule has 1 spiro atoms. The molecule has 8 nitrogen and oxygen atoms in total. The molecule has 5 atom stereocenters. The van der Waals surface area contributed by atoms with Gasteiger partial charge in [0.25, 0.3) is 0 Å². The van der Waals surface area contributed by atoms with Crippen LogP contribution in [0.5, 0.6) is 0 Å². The molecule has 2 fully saturated rings. The van der Waals surface area contributed by atoms with E-state index in [4.69, 9.17) is 4.74 Å². The van der Waals surface area contributed by atoms with Crippen LogP contribution in [-0.4, -0.2) is 93.6 Å². The summed E-state index contributed by atoms with van der Waals surface area (Å²) in [4.78, 5) is 46.0. The summed E-state index contributed by atoms with van der Waals surface area (Å²) in [6, 6.07) is -0.871. The average molecular weight is 432 g/mol. The van der Waals surface area contributed by atoms with Gasteiger partial charge >= 0.3 is 0 Å². The van der Waals surface area contributed by atoms with Crippen LogP contribution in [0.2, 0.25) is 0 Å². The molecule has 31 heavy (non-hydrogen) atoms. The number of carbonyl (C=O) groups excluding carboxylic acids is 3. The van der Waals surface area contributed by atoms with E-state index in [0.717, 1.165) is 0 Å². The summed E-state index contributed by atoms with van der Waals surface area (Å²) in [5.41, 5.74) is -2.65. The highest BCUT2D eigenvalue weighted by atomic mass is 16.5. The van der Waals surface area contributed by atoms with Gasteiger partial charge in [0.2, 0.25) is 17.7 Å². The topological polar surface area (TPSA) is 90.4 Å². The summed E-state index contributed by atoms with van der Waals surface area (Å²) in [5.74, 6) is -2.10. The monoisotopic (exact) mass is 431 g/mol. The molecule has 8 heteroatoms. The number of rotatable bonds is 3. The first-order valence-corrected chi connectivity index (χ1v) is 11.0. The van der Waals surface area contributed by atoms with Crippen molar-refractivity contribution in [3.8, 4) is 0 Å². The van der Waals surface area contributed by atoms with Crippen LogP contribution in [0, 0.1) is 11.8 Å². The lowest BCUT2D eigenvalue weighted by molar-refractivity contribution is -0.155. The minimum Gasteiger partial charge on any atom is -0.396 e. The van der Waals surface area contributed by atoms with Crippen LogP contribution in [0.25, 0.3) is 0 Å². The summed E-state index contributed by atoms with van der Waals surface area (Å²) >= 11 is 0. The van der Waals surface area contributed by atoms with Crippen molar-refractivity contribution in [2.75, 3.05) is 33.3 Å². The van der Waals surface area contributed by atoms with Crippen molar-refractivity contribution in [3.63, 3.8) is 0 Å². The number of nitrogens with zero attached hydrogens (tertiary/aromatic N) is 3. The van der Waals surface area contributed by atoms with Gasteiger partial charge in [0.05, 0.1) is 17.4 Å². The van der Waals surface area contributed by atoms with Crippen molar-refractivity contribution >= 4 is 17.7 Å². The standard InChI is InChI=1S/C23H33N3O5/c1-21(2,3)26-13-7-10-23-16(19(29)25(12-8-14-27)17(23)20(26)30)15-18(28)24(5)11-6-9-22(15,4)31-23/h6-7,9-10,15-17,27H,8,11-14H2,1-5H3/t15-,16+,17?,22+,23+/m1/s1. The second-order valence-electron chi connectivity index (χ2n) is 10.2. The van der Waals surface area contributed by atoms with Crippen molar-refractivity contribution in [2.24, 2.45) is 11.8 Å². The number of aliphatic hydroxyl groups is 1. The van der Waals surface area contributed by atoms with E-state index in [-0.39, 0.29) is 30.9 Å². The van der Waals surface area contributed by atoms with Gasteiger partial charge in [-0.15, -0.1) is 0 Å². The Bertz CT molecular complexity index is 862. The molecule has 3 amide bonds. The van der Waals surface area contributed by atoms with Gasteiger partial charge < -0.3 is 24.5 Å². The van der Waals surface area contributed by atoms with Gasteiger partial charge in [-0.25, -0.2) is 0 Å². The third kappa shape index (κ3) is 3.06. The molecule has 170 valence electrons. The van der Waals surface area contributed by atoms with Crippen molar-refractivity contribution in [1.82, 2.24) is 14.7 Å². The zero-order valence-electron chi connectivity index (χ0n) is 19.0. The Morgan fingerprint density at radius 3 is 2.39 bits per heavy atom. The van der Waals surface area contributed by atoms with Crippen LogP contribution in [0.4, 0.5) is 0 Å². The Balaban J connectivity index is 1.88. The molecule has 4 aliphatic heterocycles. The van der Waals surface area contributed by atoms with E-state index in [1.54, 1.807) is 21.7 Å². The van der Waals surface area contributed by atoms with Crippen LogP contribution in [0.15, 0.2) is 24.3 Å². The Kier molecular flexibility index (Phi) is 5.09. The molecule has 0 aromatic carbocycles. The largest absolute Gasteiger partial charge is 0.396 e. The Hall–Kier alpha value is -2.19. The van der Waals surface area contributed by atoms with Crippen molar-refractivity contribution in [3.05, 3.63) is 24.3 Å². The number of hydrogen-bond donors (Lipinski definition) is 1. The molecule has 4 heterocycles. The van der Waals surface area contributed by atoms with Gasteiger partial charge in [-0.2, -0.15) is 0 Å². The lowest BCUT2D eigenvalue weighted by Gasteiger charge is -2.41. The minimum atomic E-state index is -1.22. The molecule has 0 radical (unpaired) electrons. The summed E-state index contributed by atoms with van der Waals surface area (Å²) in [7, 11) is 1.72. The Morgan fingerprint density at radius 1 is 1.06 bits per heavy atom. The third-order valence-electron chi connectivity index (χ3n) is 7.13. The number of aliphatic hydroxyl groups excluding tert-OH is 1. The fraction of sp³-hybridized carbons (Fsp3) is 0.696. The maximum absolute atomic E-state index is 13.9. The normalized spacial score (nSPS) is 37.7. The molecule has 0 aromatic rings. The highest BCUT2D eigenvalue weighted by molar-refractivity contribution is 6.00. The van der Waals surface area contributed by atoms with Gasteiger partial charge in [-0.1, -0.05) is 24.3 Å². The van der Waals surface area contributed by atoms with Gasteiger partial charge in [-0.3, -0.25) is 14.4 Å². The molecule has 1 unspecified atom stereocenters. The molecular weight excluding hydrogens is 398 g/mol. The van der Waals surface area contributed by atoms with Gasteiger partial charge in [-0.05, 0) is 34.1 Å². The van der Waals surface area contributed by atoms with E-state index in [9.17, 15) is 19.5 Å². The number of ether oxygens (including phenoxy) is 1. The molecule has 4 rings (SSSR count). The second kappa shape index (κ2) is 7.17. The van der Waals surface area contributed by atoms with Crippen LogP contribution in [0.1, 0.15) is 34.1 Å². The first kappa shape index (κ1) is 22.0. The van der Waals surface area contributed by atoms with Crippen LogP contribution in [0.3, 0.4) is 0 Å². The predicted molar refractivity (Wildman–Crippen MR) is 114 cm³/mol. The average Bonchev–Trinajstić information content (AvgIpc) is 2.94. The lowest BCUT2D eigenvalue weighted by atomic mass is 9.74. The van der Waals surface area contributed by atoms with Gasteiger partial charge in [0.1, 0.15) is 11.6 Å². The Morgan fingerprint density at radius 2 is 1.74 bits per heavy atom. The molecule has 1 N–H and O–H groups in total. The first-order valence-electron chi connectivity index (χ1n) is 11.0. The Labute approximate surface area is 183 Å². The third-order valence-corrected chi connectivity index (χ3v) is 7.13. The zero-order valence-corrected chi connectivity index (χ0v) is 19.0. The first-order chi connectivity index (χ1) is 14.5. The SMILES string of the molecule is CN1CC=C[C@]2(C)O[C@]34C=CCN(C(C)(C)C)C(=O)C3N(CCCO)C(=O)[C@@H]4[C@@H]2C1=O. The quantitative estimate of drug-likeness (QED) is 0.660. The van der Waals surface area contributed by atoms with Crippen LogP contribution < -0.4 is 0 Å². The molecule has 0 aromatic heterocycles. The maximum atomic E-state index is 13.9. The highest BCUT2D eigenvalue weighted by Crippen LogP contribution is 2.57. The fourth-order valence-corrected chi connectivity index (χ4v) is 5.73. The molecule has 4 aliphatic rings. The maximum Gasteiger partial charge on any atom is 0.249 e. The number of amides is 3. The summed E-state index contributed by atoms with van der Waals surface area (Å²) in [5, 5.41) is 9.41. The van der Waals surface area contributed by atoms with Crippen molar-refractivity contribution < 1.29 is 24.2 Å². The van der Waals surface area contributed by atoms with E-state index < -0.39 is 34.6 Å². The summed E-state index contributed by atoms with van der Waals surface area (Å²) in [6.45, 7) is 8.73. The van der Waals surface area contributed by atoms with Crippen molar-refractivity contribution in [2.45, 2.75) is 56.9 Å². The number of carbonyl (C=O) groups is 3.